The number of ether oxygens (including phenoxy) is 1. The van der Waals surface area contributed by atoms with Gasteiger partial charge in [-0.3, -0.25) is 14.5 Å². The van der Waals surface area contributed by atoms with Crippen molar-refractivity contribution in [2.24, 2.45) is 0 Å². The van der Waals surface area contributed by atoms with Gasteiger partial charge in [0.1, 0.15) is 17.1 Å². The molecule has 9 heteroatoms. The van der Waals surface area contributed by atoms with E-state index in [1.807, 2.05) is 78.2 Å². The summed E-state index contributed by atoms with van der Waals surface area (Å²) in [5.41, 5.74) is 2.07. The standard InChI is InChI=1S/C27H24N2O5S2/c30-15-19-16-36-26-22(28-21(31)14-20-12-7-13-35-20)25(32)29(26)23(19)27(33)34-24(17-8-3-1-4-9-17)18-10-5-2-6-11-18/h1-13,22,24,26,30H,14-16H2,(H,28,31)/t22-,26+/m0/s1. The molecule has 1 fully saturated rings. The van der Waals surface area contributed by atoms with Gasteiger partial charge in [-0.15, -0.1) is 23.1 Å². The largest absolute Gasteiger partial charge is 0.448 e. The zero-order valence-electron chi connectivity index (χ0n) is 19.2. The summed E-state index contributed by atoms with van der Waals surface area (Å²) >= 11 is 2.89. The van der Waals surface area contributed by atoms with Gasteiger partial charge in [0.2, 0.25) is 5.91 Å². The number of carbonyl (C=O) groups is 3. The fourth-order valence-electron chi connectivity index (χ4n) is 4.34. The Kier molecular flexibility index (Phi) is 7.22. The van der Waals surface area contributed by atoms with E-state index in [-0.39, 0.29) is 30.5 Å². The molecule has 0 unspecified atom stereocenters. The number of rotatable bonds is 8. The molecular weight excluding hydrogens is 496 g/mol. The lowest BCUT2D eigenvalue weighted by Crippen LogP contribution is -2.70. The van der Waals surface area contributed by atoms with Crippen LogP contribution in [0.15, 0.2) is 89.4 Å². The molecule has 2 atom stereocenters. The SMILES string of the molecule is O=C(Cc1cccs1)N[C@H]1C(=O)N2C(C(=O)OC(c3ccccc3)c3ccccc3)=C(CO)CS[C@H]12. The van der Waals surface area contributed by atoms with Crippen molar-refractivity contribution in [2.45, 2.75) is 23.9 Å². The molecule has 0 radical (unpaired) electrons. The van der Waals surface area contributed by atoms with Crippen LogP contribution < -0.4 is 5.32 Å². The number of hydrogen-bond acceptors (Lipinski definition) is 7. The van der Waals surface area contributed by atoms with Gasteiger partial charge in [-0.05, 0) is 28.1 Å². The van der Waals surface area contributed by atoms with E-state index in [9.17, 15) is 19.5 Å². The van der Waals surface area contributed by atoms with Crippen LogP contribution in [0.4, 0.5) is 0 Å². The number of fused-ring (bicyclic) bond motifs is 1. The maximum absolute atomic E-state index is 13.5. The summed E-state index contributed by atoms with van der Waals surface area (Å²) in [6.45, 7) is -0.370. The highest BCUT2D eigenvalue weighted by Gasteiger charge is 2.54. The van der Waals surface area contributed by atoms with Crippen molar-refractivity contribution in [3.05, 3.63) is 105 Å². The number of aliphatic hydroxyl groups is 1. The van der Waals surface area contributed by atoms with Crippen molar-refractivity contribution in [1.29, 1.82) is 0 Å². The smallest absolute Gasteiger partial charge is 0.356 e. The van der Waals surface area contributed by atoms with Gasteiger partial charge >= 0.3 is 5.97 Å². The number of esters is 1. The molecule has 0 spiro atoms. The molecule has 2 aliphatic rings. The summed E-state index contributed by atoms with van der Waals surface area (Å²) in [4.78, 5) is 41.4. The fraction of sp³-hybridized carbons (Fsp3) is 0.222. The molecule has 1 saturated heterocycles. The number of thiophene rings is 1. The Morgan fingerprint density at radius 3 is 2.28 bits per heavy atom. The van der Waals surface area contributed by atoms with Gasteiger partial charge in [0.05, 0.1) is 13.0 Å². The van der Waals surface area contributed by atoms with Crippen LogP contribution in [0.3, 0.4) is 0 Å². The number of nitrogens with one attached hydrogen (secondary N) is 1. The summed E-state index contributed by atoms with van der Waals surface area (Å²) in [5, 5.41) is 14.2. The second-order valence-corrected chi connectivity index (χ2v) is 10.6. The number of nitrogens with zero attached hydrogens (tertiary/aromatic N) is 1. The van der Waals surface area contributed by atoms with Crippen molar-refractivity contribution in [3.63, 3.8) is 0 Å². The molecule has 0 saturated carbocycles. The molecule has 3 heterocycles. The third-order valence-electron chi connectivity index (χ3n) is 6.09. The van der Waals surface area contributed by atoms with Gasteiger partial charge in [0, 0.05) is 10.6 Å². The van der Waals surface area contributed by atoms with Gasteiger partial charge in [-0.1, -0.05) is 66.7 Å². The Morgan fingerprint density at radius 2 is 1.69 bits per heavy atom. The number of carbonyl (C=O) groups excluding carboxylic acids is 3. The average molecular weight is 521 g/mol. The number of amides is 2. The van der Waals surface area contributed by atoms with Crippen LogP contribution in [-0.2, 0) is 25.5 Å². The minimum Gasteiger partial charge on any atom is -0.448 e. The number of aliphatic hydroxyl groups excluding tert-OH is 1. The Labute approximate surface area is 216 Å². The fourth-order valence-corrected chi connectivity index (χ4v) is 6.37. The first-order valence-electron chi connectivity index (χ1n) is 11.5. The molecule has 5 rings (SSSR count). The molecule has 2 aliphatic heterocycles. The minimum atomic E-state index is -0.732. The maximum Gasteiger partial charge on any atom is 0.356 e. The predicted octanol–water partition coefficient (Wildman–Crippen LogP) is 3.27. The third kappa shape index (κ3) is 4.82. The molecule has 2 amide bonds. The second-order valence-electron chi connectivity index (χ2n) is 8.43. The lowest BCUT2D eigenvalue weighted by atomic mass is 10.0. The van der Waals surface area contributed by atoms with E-state index in [1.54, 1.807) is 0 Å². The quantitative estimate of drug-likeness (QED) is 0.350. The Balaban J connectivity index is 1.36. The van der Waals surface area contributed by atoms with E-state index >= 15 is 0 Å². The van der Waals surface area contributed by atoms with Gasteiger partial charge in [0.15, 0.2) is 6.10 Å². The zero-order valence-corrected chi connectivity index (χ0v) is 20.8. The highest BCUT2D eigenvalue weighted by Crippen LogP contribution is 2.41. The lowest BCUT2D eigenvalue weighted by molar-refractivity contribution is -0.154. The number of thioether (sulfide) groups is 1. The monoisotopic (exact) mass is 520 g/mol. The summed E-state index contributed by atoms with van der Waals surface area (Å²) in [6, 6.07) is 21.7. The van der Waals surface area contributed by atoms with Gasteiger partial charge in [-0.2, -0.15) is 0 Å². The number of benzene rings is 2. The predicted molar refractivity (Wildman–Crippen MR) is 138 cm³/mol. The maximum atomic E-state index is 13.5. The molecular formula is C27H24N2O5S2. The number of hydrogen-bond donors (Lipinski definition) is 2. The van der Waals surface area contributed by atoms with E-state index in [0.29, 0.717) is 11.3 Å². The molecule has 3 aromatic rings. The molecule has 36 heavy (non-hydrogen) atoms. The van der Waals surface area contributed by atoms with Crippen molar-refractivity contribution in [3.8, 4) is 0 Å². The third-order valence-corrected chi connectivity index (χ3v) is 8.31. The van der Waals surface area contributed by atoms with Crippen molar-refractivity contribution in [1.82, 2.24) is 10.2 Å². The highest BCUT2D eigenvalue weighted by atomic mass is 32.2. The van der Waals surface area contributed by atoms with Crippen molar-refractivity contribution in [2.75, 3.05) is 12.4 Å². The van der Waals surface area contributed by atoms with E-state index in [2.05, 4.69) is 5.32 Å². The molecule has 2 N–H and O–H groups in total. The molecule has 7 nitrogen and oxygen atoms in total. The van der Waals surface area contributed by atoms with Crippen LogP contribution in [0.2, 0.25) is 0 Å². The van der Waals surface area contributed by atoms with Gasteiger partial charge < -0.3 is 15.2 Å². The van der Waals surface area contributed by atoms with E-state index in [4.69, 9.17) is 4.74 Å². The van der Waals surface area contributed by atoms with Crippen LogP contribution in [0.25, 0.3) is 0 Å². The Hall–Kier alpha value is -3.40. The zero-order chi connectivity index (χ0) is 25.1. The summed E-state index contributed by atoms with van der Waals surface area (Å²) in [5.74, 6) is -0.960. The molecule has 2 aromatic carbocycles. The molecule has 184 valence electrons. The Morgan fingerprint density at radius 1 is 1.03 bits per heavy atom. The first-order chi connectivity index (χ1) is 17.6. The summed E-state index contributed by atoms with van der Waals surface area (Å²) in [6.07, 6.45) is -0.487. The normalized spacial score (nSPS) is 19.1. The van der Waals surface area contributed by atoms with Crippen molar-refractivity contribution >= 4 is 40.9 Å². The van der Waals surface area contributed by atoms with Crippen LogP contribution in [0.5, 0.6) is 0 Å². The first kappa shape index (κ1) is 24.3. The van der Waals surface area contributed by atoms with Crippen LogP contribution in [-0.4, -0.2) is 51.6 Å². The molecule has 0 aliphatic carbocycles. The second kappa shape index (κ2) is 10.7. The average Bonchev–Trinajstić information content (AvgIpc) is 3.43. The van der Waals surface area contributed by atoms with Crippen LogP contribution >= 0.6 is 23.1 Å². The van der Waals surface area contributed by atoms with Crippen LogP contribution in [0.1, 0.15) is 22.1 Å². The van der Waals surface area contributed by atoms with E-state index in [0.717, 1.165) is 16.0 Å². The van der Waals surface area contributed by atoms with Crippen LogP contribution in [0, 0.1) is 0 Å². The molecule has 1 aromatic heterocycles. The van der Waals surface area contributed by atoms with Gasteiger partial charge in [-0.25, -0.2) is 4.79 Å². The number of β-lactam (4-membered cyclic amide) rings is 1. The van der Waals surface area contributed by atoms with Gasteiger partial charge in [0.25, 0.3) is 5.91 Å². The topological polar surface area (TPSA) is 95.9 Å². The minimum absolute atomic E-state index is 0.0619. The van der Waals surface area contributed by atoms with E-state index < -0.39 is 23.5 Å². The molecule has 0 bridgehead atoms. The lowest BCUT2D eigenvalue weighted by Gasteiger charge is -2.49. The van der Waals surface area contributed by atoms with E-state index in [1.165, 1.54) is 28.0 Å². The van der Waals surface area contributed by atoms with Crippen molar-refractivity contribution < 1.29 is 24.2 Å². The summed E-state index contributed by atoms with van der Waals surface area (Å²) in [7, 11) is 0. The highest BCUT2D eigenvalue weighted by molar-refractivity contribution is 8.00. The Bertz CT molecular complexity index is 1240. The summed E-state index contributed by atoms with van der Waals surface area (Å²) < 4.78 is 5.98. The first-order valence-corrected chi connectivity index (χ1v) is 13.4.